The van der Waals surface area contributed by atoms with Crippen molar-refractivity contribution in [3.8, 4) is 16.7 Å². The molecule has 1 amide bonds. The molecule has 0 spiro atoms. The van der Waals surface area contributed by atoms with E-state index in [2.05, 4.69) is 21.4 Å². The minimum Gasteiger partial charge on any atom is -0.390 e. The van der Waals surface area contributed by atoms with E-state index in [0.29, 0.717) is 24.5 Å². The van der Waals surface area contributed by atoms with E-state index in [1.807, 2.05) is 17.5 Å². The third-order valence-electron chi connectivity index (χ3n) is 4.78. The average molecular weight is 388 g/mol. The van der Waals surface area contributed by atoms with Crippen LogP contribution in [0.1, 0.15) is 36.2 Å². The Hall–Kier alpha value is -2.21. The summed E-state index contributed by atoms with van der Waals surface area (Å²) in [4.78, 5) is 15.3. The van der Waals surface area contributed by atoms with Crippen molar-refractivity contribution in [3.05, 3.63) is 29.3 Å². The molecule has 8 heteroatoms. The third-order valence-corrected chi connectivity index (χ3v) is 5.66. The van der Waals surface area contributed by atoms with E-state index < -0.39 is 6.10 Å². The lowest BCUT2D eigenvalue weighted by atomic mass is 9.95. The molecule has 2 aromatic rings. The fourth-order valence-corrected chi connectivity index (χ4v) is 3.87. The molecule has 3 rings (SSSR count). The molecule has 27 heavy (non-hydrogen) atoms. The number of hydrogen-bond acceptors (Lipinski definition) is 7. The SMILES string of the molecule is N#C[C@H]1CCN(CCCCCNC(=O)c2cc(-c3cccs3)on2)C[C@@H]1O. The number of nitrogens with one attached hydrogen (secondary N) is 1. The molecule has 0 bridgehead atoms. The predicted molar refractivity (Wildman–Crippen MR) is 102 cm³/mol. The maximum absolute atomic E-state index is 12.1. The van der Waals surface area contributed by atoms with Gasteiger partial charge in [-0.25, -0.2) is 0 Å². The summed E-state index contributed by atoms with van der Waals surface area (Å²) in [6.07, 6.45) is 3.09. The number of aromatic nitrogens is 1. The van der Waals surface area contributed by atoms with Crippen LogP contribution >= 0.6 is 11.3 Å². The summed E-state index contributed by atoms with van der Waals surface area (Å²) in [6.45, 7) is 2.95. The quantitative estimate of drug-likeness (QED) is 0.674. The van der Waals surface area contributed by atoms with Gasteiger partial charge in [-0.2, -0.15) is 5.26 Å². The van der Waals surface area contributed by atoms with Crippen molar-refractivity contribution >= 4 is 17.2 Å². The van der Waals surface area contributed by atoms with Gasteiger partial charge in [0.05, 0.1) is 23.0 Å². The number of carbonyl (C=O) groups is 1. The first-order chi connectivity index (χ1) is 13.2. The molecule has 0 aliphatic carbocycles. The molecular weight excluding hydrogens is 364 g/mol. The second kappa shape index (κ2) is 9.65. The maximum Gasteiger partial charge on any atom is 0.273 e. The summed E-state index contributed by atoms with van der Waals surface area (Å²) in [5.74, 6) is 0.161. The minimum absolute atomic E-state index is 0.219. The van der Waals surface area contributed by atoms with Gasteiger partial charge >= 0.3 is 0 Å². The first-order valence-electron chi connectivity index (χ1n) is 9.26. The molecule has 2 N–H and O–H groups in total. The second-order valence-corrected chi connectivity index (χ2v) is 7.71. The van der Waals surface area contributed by atoms with Crippen molar-refractivity contribution in [1.82, 2.24) is 15.4 Å². The lowest BCUT2D eigenvalue weighted by Crippen LogP contribution is -2.43. The highest BCUT2D eigenvalue weighted by Crippen LogP contribution is 2.25. The van der Waals surface area contributed by atoms with E-state index in [9.17, 15) is 9.90 Å². The van der Waals surface area contributed by atoms with Crippen LogP contribution in [0.5, 0.6) is 0 Å². The Balaban J connectivity index is 1.29. The summed E-state index contributed by atoms with van der Waals surface area (Å²) in [5, 5.41) is 27.5. The second-order valence-electron chi connectivity index (χ2n) is 6.76. The van der Waals surface area contributed by atoms with Gasteiger partial charge in [-0.15, -0.1) is 11.3 Å². The molecule has 0 radical (unpaired) electrons. The Bertz CT molecular complexity index is 768. The molecule has 3 heterocycles. The maximum atomic E-state index is 12.1. The number of nitrogens with zero attached hydrogens (tertiary/aromatic N) is 3. The number of amides is 1. The van der Waals surface area contributed by atoms with Crippen molar-refractivity contribution in [3.63, 3.8) is 0 Å². The van der Waals surface area contributed by atoms with Gasteiger partial charge in [0.1, 0.15) is 0 Å². The number of likely N-dealkylation sites (tertiary alicyclic amines) is 1. The van der Waals surface area contributed by atoms with E-state index in [1.54, 1.807) is 17.4 Å². The topological polar surface area (TPSA) is 102 Å². The molecule has 0 aromatic carbocycles. The molecule has 1 aliphatic heterocycles. The highest BCUT2D eigenvalue weighted by molar-refractivity contribution is 7.13. The van der Waals surface area contributed by atoms with Crippen LogP contribution in [0.3, 0.4) is 0 Å². The Morgan fingerprint density at radius 1 is 1.48 bits per heavy atom. The Morgan fingerprint density at radius 3 is 3.11 bits per heavy atom. The standard InChI is InChI=1S/C19H24N4O3S/c20-12-14-6-9-23(13-16(14)24)8-3-1-2-7-21-19(25)15-11-17(26-22-15)18-5-4-10-27-18/h4-5,10-11,14,16,24H,1-3,6-9,13H2,(H,21,25)/t14-,16+/m1/s1. The van der Waals surface area contributed by atoms with E-state index in [-0.39, 0.29) is 11.8 Å². The highest BCUT2D eigenvalue weighted by Gasteiger charge is 2.26. The highest BCUT2D eigenvalue weighted by atomic mass is 32.1. The first kappa shape index (κ1) is 19.5. The molecular formula is C19H24N4O3S. The summed E-state index contributed by atoms with van der Waals surface area (Å²) < 4.78 is 5.22. The lowest BCUT2D eigenvalue weighted by Gasteiger charge is -2.32. The van der Waals surface area contributed by atoms with Crippen molar-refractivity contribution in [2.24, 2.45) is 5.92 Å². The lowest BCUT2D eigenvalue weighted by molar-refractivity contribution is 0.0421. The van der Waals surface area contributed by atoms with E-state index >= 15 is 0 Å². The normalized spacial score (nSPS) is 20.3. The number of unbranched alkanes of at least 4 members (excludes halogenated alkanes) is 2. The van der Waals surface area contributed by atoms with E-state index in [0.717, 1.165) is 43.6 Å². The zero-order chi connectivity index (χ0) is 19.1. The van der Waals surface area contributed by atoms with Crippen LogP contribution < -0.4 is 5.32 Å². The molecule has 0 unspecified atom stereocenters. The van der Waals surface area contributed by atoms with Gasteiger partial charge in [0.25, 0.3) is 5.91 Å². The Labute approximate surface area is 162 Å². The van der Waals surface area contributed by atoms with Crippen LogP contribution in [0.4, 0.5) is 0 Å². The van der Waals surface area contributed by atoms with Gasteiger partial charge in [-0.05, 0) is 43.8 Å². The fourth-order valence-electron chi connectivity index (χ4n) is 3.20. The molecule has 7 nitrogen and oxygen atoms in total. The largest absolute Gasteiger partial charge is 0.390 e. The molecule has 1 aliphatic rings. The number of β-amino-alcohol motifs (C(OH)–C–C–N with tert-alkyl or cyclic N) is 1. The van der Waals surface area contributed by atoms with E-state index in [4.69, 9.17) is 9.78 Å². The molecule has 1 saturated heterocycles. The minimum atomic E-state index is -0.537. The predicted octanol–water partition coefficient (Wildman–Crippen LogP) is 2.51. The van der Waals surface area contributed by atoms with Gasteiger partial charge in [0, 0.05) is 19.2 Å². The summed E-state index contributed by atoms with van der Waals surface area (Å²) in [5.41, 5.74) is 0.299. The van der Waals surface area contributed by atoms with Gasteiger partial charge in [0.15, 0.2) is 11.5 Å². The van der Waals surface area contributed by atoms with Crippen molar-refractivity contribution in [2.45, 2.75) is 31.8 Å². The van der Waals surface area contributed by atoms with Crippen LogP contribution in [0.25, 0.3) is 10.6 Å². The van der Waals surface area contributed by atoms with Gasteiger partial charge in [-0.3, -0.25) is 4.79 Å². The van der Waals surface area contributed by atoms with Crippen LogP contribution in [0.2, 0.25) is 0 Å². The average Bonchev–Trinajstić information content (AvgIpc) is 3.36. The number of hydrogen-bond donors (Lipinski definition) is 2. The first-order valence-corrected chi connectivity index (χ1v) is 10.1. The summed E-state index contributed by atoms with van der Waals surface area (Å²) >= 11 is 1.54. The number of nitriles is 1. The summed E-state index contributed by atoms with van der Waals surface area (Å²) in [7, 11) is 0. The van der Waals surface area contributed by atoms with Crippen molar-refractivity contribution < 1.29 is 14.4 Å². The smallest absolute Gasteiger partial charge is 0.273 e. The van der Waals surface area contributed by atoms with Crippen molar-refractivity contribution in [2.75, 3.05) is 26.2 Å². The third kappa shape index (κ3) is 5.39. The molecule has 1 fully saturated rings. The van der Waals surface area contributed by atoms with Crippen LogP contribution in [0.15, 0.2) is 28.1 Å². The van der Waals surface area contributed by atoms with Crippen LogP contribution in [0, 0.1) is 17.2 Å². The number of aliphatic hydroxyl groups is 1. The number of carbonyl (C=O) groups excluding carboxylic acids is 1. The molecule has 144 valence electrons. The van der Waals surface area contributed by atoms with Crippen LogP contribution in [-0.4, -0.2) is 53.4 Å². The zero-order valence-electron chi connectivity index (χ0n) is 15.1. The zero-order valence-corrected chi connectivity index (χ0v) is 16.0. The van der Waals surface area contributed by atoms with Gasteiger partial charge in [0.2, 0.25) is 0 Å². The molecule has 0 saturated carbocycles. The van der Waals surface area contributed by atoms with Crippen molar-refractivity contribution in [1.29, 1.82) is 5.26 Å². The number of aliphatic hydroxyl groups excluding tert-OH is 1. The summed E-state index contributed by atoms with van der Waals surface area (Å²) in [6, 6.07) is 7.68. The van der Waals surface area contributed by atoms with Gasteiger partial charge in [-0.1, -0.05) is 17.6 Å². The van der Waals surface area contributed by atoms with Gasteiger partial charge < -0.3 is 19.8 Å². The number of piperidine rings is 1. The fraction of sp³-hybridized carbons (Fsp3) is 0.526. The Kier molecular flexibility index (Phi) is 6.98. The number of thiophene rings is 1. The number of rotatable bonds is 8. The van der Waals surface area contributed by atoms with Crippen LogP contribution in [-0.2, 0) is 0 Å². The Morgan fingerprint density at radius 2 is 2.37 bits per heavy atom. The van der Waals surface area contributed by atoms with E-state index in [1.165, 1.54) is 0 Å². The molecule has 2 aromatic heterocycles. The molecule has 2 atom stereocenters. The monoisotopic (exact) mass is 388 g/mol.